The van der Waals surface area contributed by atoms with Crippen LogP contribution in [-0.2, 0) is 4.79 Å². The van der Waals surface area contributed by atoms with Gasteiger partial charge in [0.25, 0.3) is 11.5 Å². The van der Waals surface area contributed by atoms with Gasteiger partial charge in [0.2, 0.25) is 5.88 Å². The molecule has 0 saturated carbocycles. The number of H-pyrrole nitrogens is 1. The minimum atomic E-state index is -0.455. The van der Waals surface area contributed by atoms with Crippen molar-refractivity contribution in [2.75, 3.05) is 0 Å². The van der Waals surface area contributed by atoms with Gasteiger partial charge in [-0.25, -0.2) is 10.5 Å². The first-order chi connectivity index (χ1) is 16.5. The molecule has 0 fully saturated rings. The first-order valence-electron chi connectivity index (χ1n) is 9.91. The molecule has 2 heterocycles. The predicted molar refractivity (Wildman–Crippen MR) is 144 cm³/mol. The number of aromatic nitrogens is 2. The number of rotatable bonds is 8. The van der Waals surface area contributed by atoms with Crippen LogP contribution in [0.5, 0.6) is 5.88 Å². The second kappa shape index (κ2) is 12.2. The monoisotopic (exact) mass is 547 g/mol. The van der Waals surface area contributed by atoms with Gasteiger partial charge in [0, 0.05) is 11.0 Å². The molecule has 1 amide bonds. The van der Waals surface area contributed by atoms with Crippen LogP contribution in [0, 0.1) is 0 Å². The Labute approximate surface area is 218 Å². The summed E-state index contributed by atoms with van der Waals surface area (Å²) >= 11 is 7.74. The van der Waals surface area contributed by atoms with E-state index in [-0.39, 0.29) is 16.9 Å². The van der Waals surface area contributed by atoms with Crippen LogP contribution in [0.4, 0.5) is 0 Å². The summed E-state index contributed by atoms with van der Waals surface area (Å²) in [5, 5.41) is 18.3. The normalized spacial score (nSPS) is 11.8. The lowest BCUT2D eigenvalue weighted by Gasteiger charge is -2.19. The molecule has 12 heteroatoms. The molecule has 1 unspecified atom stereocenters. The number of hydrogen-bond donors (Lipinski definition) is 5. The largest absolute Gasteiger partial charge is 0.493 e. The Hall–Kier alpha value is -2.93. The molecule has 0 aliphatic rings. The van der Waals surface area contributed by atoms with Crippen molar-refractivity contribution in [3.8, 4) is 5.88 Å². The van der Waals surface area contributed by atoms with Crippen LogP contribution in [-0.4, -0.2) is 20.8 Å². The van der Waals surface area contributed by atoms with E-state index in [1.807, 2.05) is 64.7 Å². The van der Waals surface area contributed by atoms with E-state index in [9.17, 15) is 14.7 Å². The maximum absolute atomic E-state index is 12.7. The third kappa shape index (κ3) is 6.20. The van der Waals surface area contributed by atoms with Crippen molar-refractivity contribution >= 4 is 56.5 Å². The Balaban J connectivity index is 0.00000342. The molecule has 2 aromatic heterocycles. The van der Waals surface area contributed by atoms with Crippen LogP contribution in [0.2, 0.25) is 5.02 Å². The summed E-state index contributed by atoms with van der Waals surface area (Å²) in [6.07, 6.45) is 2.97. The molecule has 0 aliphatic carbocycles. The van der Waals surface area contributed by atoms with Crippen molar-refractivity contribution in [3.05, 3.63) is 104 Å². The fourth-order valence-corrected chi connectivity index (χ4v) is 6.44. The molecular weight excluding hydrogens is 526 g/mol. The lowest BCUT2D eigenvalue weighted by molar-refractivity contribution is -0.116. The summed E-state index contributed by atoms with van der Waals surface area (Å²) in [7, 11) is 2.45. The van der Waals surface area contributed by atoms with Crippen LogP contribution < -0.4 is 23.0 Å². The lowest BCUT2D eigenvalue weighted by Crippen LogP contribution is -2.27. The number of hydrazine groups is 1. The topological polar surface area (TPSA) is 148 Å². The van der Waals surface area contributed by atoms with Gasteiger partial charge in [-0.15, -0.1) is 0 Å². The van der Waals surface area contributed by atoms with Gasteiger partial charge >= 0.3 is 0 Å². The molecule has 8 nitrogen and oxygen atoms in total. The van der Waals surface area contributed by atoms with E-state index in [0.717, 1.165) is 32.4 Å². The van der Waals surface area contributed by atoms with Gasteiger partial charge in [-0.1, -0.05) is 58.8 Å². The SMILES string of the molecule is N.NNC(=O)/C=C/c1ccc(C(c2ccsc2)n2[nH]c(=O)c(SSc3ccccc3Cl)c2O)cc1. The third-order valence-electron chi connectivity index (χ3n) is 4.85. The summed E-state index contributed by atoms with van der Waals surface area (Å²) in [5.74, 6) is 4.53. The highest BCUT2D eigenvalue weighted by Crippen LogP contribution is 2.43. The van der Waals surface area contributed by atoms with E-state index in [2.05, 4.69) is 5.10 Å². The molecular formula is C23H22ClN5O3S3. The molecule has 8 N–H and O–H groups in total. The Morgan fingerprint density at radius 2 is 1.89 bits per heavy atom. The summed E-state index contributed by atoms with van der Waals surface area (Å²) in [4.78, 5) is 25.1. The number of hydrogen-bond acceptors (Lipinski definition) is 8. The van der Waals surface area contributed by atoms with Gasteiger partial charge in [0.15, 0.2) is 0 Å². The van der Waals surface area contributed by atoms with E-state index in [0.29, 0.717) is 5.02 Å². The van der Waals surface area contributed by atoms with E-state index >= 15 is 0 Å². The van der Waals surface area contributed by atoms with E-state index in [1.165, 1.54) is 32.9 Å². The van der Waals surface area contributed by atoms with Gasteiger partial charge in [-0.2, -0.15) is 11.3 Å². The van der Waals surface area contributed by atoms with Crippen LogP contribution in [0.25, 0.3) is 6.08 Å². The van der Waals surface area contributed by atoms with Crippen LogP contribution in [0.1, 0.15) is 22.7 Å². The second-order valence-electron chi connectivity index (χ2n) is 7.03. The molecule has 0 saturated heterocycles. The maximum Gasteiger partial charge on any atom is 0.282 e. The number of thiophene rings is 1. The van der Waals surface area contributed by atoms with E-state index < -0.39 is 17.5 Å². The standard InChI is InChI=1S/C23H19ClN4O3S3.H3N/c24-17-3-1-2-4-18(17)33-34-21-22(30)27-28(23(21)31)20(16-11-12-32-13-16)15-8-5-14(6-9-15)7-10-19(29)26-25;/h1-13,20,31H,25H2,(H,26,29)(H,27,30);1H3/b10-7+;. The minimum absolute atomic E-state index is 0. The number of nitrogens with one attached hydrogen (secondary N) is 2. The first kappa shape index (κ1) is 26.7. The molecule has 35 heavy (non-hydrogen) atoms. The minimum Gasteiger partial charge on any atom is -0.493 e. The van der Waals surface area contributed by atoms with Gasteiger partial charge in [-0.05, 0) is 62.5 Å². The zero-order valence-electron chi connectivity index (χ0n) is 18.2. The van der Waals surface area contributed by atoms with Crippen molar-refractivity contribution in [2.45, 2.75) is 15.8 Å². The quantitative estimate of drug-likeness (QED) is 0.0669. The first-order valence-corrected chi connectivity index (χ1v) is 13.4. The summed E-state index contributed by atoms with van der Waals surface area (Å²) in [5.41, 5.74) is 4.20. The number of carbonyl (C=O) groups excluding carboxylic acids is 1. The summed E-state index contributed by atoms with van der Waals surface area (Å²) < 4.78 is 1.46. The highest BCUT2D eigenvalue weighted by molar-refractivity contribution is 8.76. The van der Waals surface area contributed by atoms with Gasteiger partial charge in [0.1, 0.15) is 10.9 Å². The molecule has 182 valence electrons. The molecule has 4 aromatic rings. The van der Waals surface area contributed by atoms with Crippen molar-refractivity contribution in [2.24, 2.45) is 5.84 Å². The maximum atomic E-state index is 12.7. The Kier molecular flexibility index (Phi) is 9.26. The zero-order chi connectivity index (χ0) is 24.1. The predicted octanol–water partition coefficient (Wildman–Crippen LogP) is 5.20. The average Bonchev–Trinajstić information content (AvgIpc) is 3.47. The fraction of sp³-hybridized carbons (Fsp3) is 0.0435. The average molecular weight is 548 g/mol. The van der Waals surface area contributed by atoms with E-state index in [1.54, 1.807) is 12.1 Å². The number of aromatic hydroxyl groups is 1. The highest BCUT2D eigenvalue weighted by atomic mass is 35.5. The molecule has 0 bridgehead atoms. The van der Waals surface area contributed by atoms with Gasteiger partial charge in [-0.3, -0.25) is 20.1 Å². The van der Waals surface area contributed by atoms with Crippen molar-refractivity contribution in [3.63, 3.8) is 0 Å². The molecule has 0 spiro atoms. The smallest absolute Gasteiger partial charge is 0.282 e. The summed E-state index contributed by atoms with van der Waals surface area (Å²) in [6, 6.07) is 16.2. The summed E-state index contributed by atoms with van der Waals surface area (Å²) in [6.45, 7) is 0. The number of benzene rings is 2. The van der Waals surface area contributed by atoms with Crippen LogP contribution >= 0.6 is 44.5 Å². The zero-order valence-corrected chi connectivity index (χ0v) is 21.4. The molecule has 2 aromatic carbocycles. The van der Waals surface area contributed by atoms with Crippen molar-refractivity contribution < 1.29 is 9.90 Å². The van der Waals surface area contributed by atoms with Gasteiger partial charge < -0.3 is 11.3 Å². The number of aromatic amines is 1. The second-order valence-corrected chi connectivity index (χ2v) is 10.4. The Morgan fingerprint density at radius 3 is 2.54 bits per heavy atom. The van der Waals surface area contributed by atoms with Crippen molar-refractivity contribution in [1.82, 2.24) is 21.4 Å². The lowest BCUT2D eigenvalue weighted by atomic mass is 10.00. The Morgan fingerprint density at radius 1 is 1.14 bits per heavy atom. The molecule has 0 radical (unpaired) electrons. The number of carbonyl (C=O) groups is 1. The van der Waals surface area contributed by atoms with Crippen LogP contribution in [0.15, 0.2) is 86.0 Å². The fourth-order valence-electron chi connectivity index (χ4n) is 3.22. The van der Waals surface area contributed by atoms with Crippen molar-refractivity contribution in [1.29, 1.82) is 0 Å². The number of amides is 1. The third-order valence-corrected chi connectivity index (χ3v) is 8.43. The Bertz CT molecular complexity index is 1370. The number of nitrogens with two attached hydrogens (primary N) is 1. The van der Waals surface area contributed by atoms with E-state index in [4.69, 9.17) is 17.4 Å². The molecule has 1 atom stereocenters. The van der Waals surface area contributed by atoms with Gasteiger partial charge in [0.05, 0.1) is 5.02 Å². The molecule has 0 aliphatic heterocycles. The molecule has 4 rings (SSSR count). The number of halogens is 1. The highest BCUT2D eigenvalue weighted by Gasteiger charge is 2.25. The number of nitrogens with zero attached hydrogens (tertiary/aromatic N) is 1. The van der Waals surface area contributed by atoms with Crippen LogP contribution in [0.3, 0.4) is 0 Å².